The molecule has 0 saturated carbocycles. The van der Waals surface area contributed by atoms with E-state index < -0.39 is 6.00 Å². The summed E-state index contributed by atoms with van der Waals surface area (Å²) in [4.78, 5) is -0.169. The van der Waals surface area contributed by atoms with Crippen molar-refractivity contribution in [2.75, 3.05) is 0 Å². The molecule has 0 aromatic rings. The third-order valence-corrected chi connectivity index (χ3v) is 15.1. The lowest BCUT2D eigenvalue weighted by Crippen LogP contribution is -2.12. The van der Waals surface area contributed by atoms with Gasteiger partial charge in [-0.05, 0) is 12.1 Å². The van der Waals surface area contributed by atoms with E-state index in [1.807, 2.05) is 0 Å². The van der Waals surface area contributed by atoms with E-state index in [-0.39, 0.29) is 14.4 Å². The summed E-state index contributed by atoms with van der Waals surface area (Å²) in [6, 6.07) is -0.940. The number of rotatable bonds is 20. The lowest BCUT2D eigenvalue weighted by molar-refractivity contribution is 0.531. The van der Waals surface area contributed by atoms with Gasteiger partial charge in [-0.2, -0.15) is 0 Å². The Morgan fingerprint density at radius 3 is 1.23 bits per heavy atom. The lowest BCUT2D eigenvalue weighted by Gasteiger charge is -2.06. The van der Waals surface area contributed by atoms with Crippen LogP contribution in [-0.2, 0) is 0 Å². The Morgan fingerprint density at radius 1 is 0.538 bits per heavy atom. The minimum atomic E-state index is -2.30. The van der Waals surface area contributed by atoms with E-state index in [0.717, 1.165) is 12.1 Å². The fourth-order valence-electron chi connectivity index (χ4n) is 3.28. The van der Waals surface area contributed by atoms with Crippen LogP contribution in [0.15, 0.2) is 0 Å². The van der Waals surface area contributed by atoms with Crippen molar-refractivity contribution in [1.82, 2.24) is 0 Å². The van der Waals surface area contributed by atoms with Crippen molar-refractivity contribution in [3.8, 4) is 0 Å². The molecule has 0 fully saturated rings. The molecule has 0 nitrogen and oxygen atoms in total. The predicted octanol–water partition coefficient (Wildman–Crippen LogP) is 9.23. The molecule has 0 amide bonds. The lowest BCUT2D eigenvalue weighted by atomic mass is 10.0. The largest absolute Gasteiger partial charge is 0.338 e. The third-order valence-electron chi connectivity index (χ3n) is 4.88. The summed E-state index contributed by atoms with van der Waals surface area (Å²) >= 11 is 29.2. The number of hydrogen-bond acceptors (Lipinski definition) is 0. The molecule has 0 bridgehead atoms. The van der Waals surface area contributed by atoms with Crippen LogP contribution in [0.5, 0.6) is 0 Å². The fraction of sp³-hybridized carbons (Fsp3) is 1.00. The SMILES string of the molecule is ClC(Cl)CCCCCCCCCCCCCCCCC[SiH2]C[Si](Cl)(Cl)Cl. The molecule has 0 aromatic heterocycles. The van der Waals surface area contributed by atoms with Crippen molar-refractivity contribution in [3.63, 3.8) is 0 Å². The van der Waals surface area contributed by atoms with Gasteiger partial charge in [-0.1, -0.05) is 102 Å². The van der Waals surface area contributed by atoms with Crippen LogP contribution in [0.25, 0.3) is 0 Å². The van der Waals surface area contributed by atoms with Gasteiger partial charge in [-0.3, -0.25) is 0 Å². The third kappa shape index (κ3) is 25.9. The number of unbranched alkanes of at least 4 members (excludes halogenated alkanes) is 14. The zero-order chi connectivity index (χ0) is 19.5. The molecule has 0 radical (unpaired) electrons. The Labute approximate surface area is 190 Å². The van der Waals surface area contributed by atoms with Gasteiger partial charge in [0.25, 0.3) is 0 Å². The van der Waals surface area contributed by atoms with Gasteiger partial charge >= 0.3 is 6.00 Å². The second-order valence-corrected chi connectivity index (χ2v) is 21.0. The maximum absolute atomic E-state index is 5.92. The number of hydrogen-bond donors (Lipinski definition) is 0. The smallest absolute Gasteiger partial charge is 0.126 e. The predicted molar refractivity (Wildman–Crippen MR) is 131 cm³/mol. The van der Waals surface area contributed by atoms with E-state index in [9.17, 15) is 0 Å². The van der Waals surface area contributed by atoms with Crippen LogP contribution in [0.3, 0.4) is 0 Å². The van der Waals surface area contributed by atoms with Gasteiger partial charge in [0.2, 0.25) is 0 Å². The molecule has 0 aliphatic heterocycles. The normalized spacial score (nSPS) is 12.7. The van der Waals surface area contributed by atoms with E-state index in [2.05, 4.69) is 0 Å². The van der Waals surface area contributed by atoms with Gasteiger partial charge in [0.15, 0.2) is 0 Å². The van der Waals surface area contributed by atoms with Crippen LogP contribution in [0.2, 0.25) is 11.7 Å². The summed E-state index contributed by atoms with van der Waals surface area (Å²) < 4.78 is 0. The topological polar surface area (TPSA) is 0 Å². The molecular weight excluding hydrogens is 462 g/mol. The molecular formula is C19H39Cl5Si2. The molecule has 0 aromatic carbocycles. The first-order chi connectivity index (χ1) is 12.4. The van der Waals surface area contributed by atoms with Crippen molar-refractivity contribution in [1.29, 1.82) is 0 Å². The van der Waals surface area contributed by atoms with E-state index in [4.69, 9.17) is 56.4 Å². The van der Waals surface area contributed by atoms with Crippen molar-refractivity contribution in [3.05, 3.63) is 0 Å². The quantitative estimate of drug-likeness (QED) is 0.0676. The minimum Gasteiger partial charge on any atom is -0.126 e. The van der Waals surface area contributed by atoms with Crippen LogP contribution in [-0.4, -0.2) is 20.4 Å². The number of alkyl halides is 2. The second kappa shape index (κ2) is 20.2. The first-order valence-electron chi connectivity index (χ1n) is 10.8. The van der Waals surface area contributed by atoms with Crippen molar-refractivity contribution in [2.24, 2.45) is 0 Å². The zero-order valence-corrected chi connectivity index (χ0v) is 22.6. The average Bonchev–Trinajstić information content (AvgIpc) is 2.55. The van der Waals surface area contributed by atoms with Crippen LogP contribution in [0.4, 0.5) is 0 Å². The standard InChI is InChI=1S/C19H39Cl5Si2/c20-19(21)16-14-12-10-8-6-4-2-1-3-5-7-9-11-13-15-17-25-18-26(22,23)24/h19H,1-18,25H2. The summed E-state index contributed by atoms with van der Waals surface area (Å²) in [5.74, 6) is 0. The van der Waals surface area contributed by atoms with E-state index in [1.165, 1.54) is 102 Å². The highest BCUT2D eigenvalue weighted by molar-refractivity contribution is 7.65. The average molecular weight is 501 g/mol. The molecule has 0 heterocycles. The fourth-order valence-corrected chi connectivity index (χ4v) is 10.5. The Morgan fingerprint density at radius 2 is 0.885 bits per heavy atom. The summed E-state index contributed by atoms with van der Waals surface area (Å²) in [7, 11) is -0.106. The molecule has 0 atom stereocenters. The van der Waals surface area contributed by atoms with Gasteiger partial charge < -0.3 is 0 Å². The molecule has 0 spiro atoms. The van der Waals surface area contributed by atoms with Gasteiger partial charge in [-0.15, -0.1) is 56.4 Å². The van der Waals surface area contributed by atoms with Crippen LogP contribution >= 0.6 is 56.4 Å². The van der Waals surface area contributed by atoms with Crippen molar-refractivity contribution in [2.45, 2.75) is 119 Å². The molecule has 158 valence electrons. The second-order valence-electron chi connectivity index (χ2n) is 7.56. The molecule has 0 rings (SSSR count). The molecule has 0 N–H and O–H groups in total. The molecule has 0 unspecified atom stereocenters. The summed E-state index contributed by atoms with van der Waals surface area (Å²) in [5.41, 5.74) is 0.958. The van der Waals surface area contributed by atoms with E-state index >= 15 is 0 Å². The summed E-state index contributed by atoms with van der Waals surface area (Å²) in [5, 5.41) is 0. The number of halogens is 5. The van der Waals surface area contributed by atoms with Gasteiger partial charge in [0.05, 0.1) is 0 Å². The van der Waals surface area contributed by atoms with Crippen molar-refractivity contribution >= 4 is 72.0 Å². The Bertz CT molecular complexity index is 286. The molecule has 26 heavy (non-hydrogen) atoms. The Hall–Kier alpha value is 1.88. The zero-order valence-electron chi connectivity index (χ0n) is 16.4. The van der Waals surface area contributed by atoms with Gasteiger partial charge in [-0.25, -0.2) is 0 Å². The highest BCUT2D eigenvalue weighted by atomic mass is 35.8. The maximum atomic E-state index is 5.92. The summed E-state index contributed by atoms with van der Waals surface area (Å²) in [6.45, 7) is 0. The first kappa shape index (κ1) is 27.9. The van der Waals surface area contributed by atoms with Crippen LogP contribution < -0.4 is 0 Å². The minimum absolute atomic E-state index is 0.106. The highest BCUT2D eigenvalue weighted by Gasteiger charge is 2.23. The van der Waals surface area contributed by atoms with Crippen molar-refractivity contribution < 1.29 is 0 Å². The molecule has 0 saturated heterocycles. The monoisotopic (exact) mass is 498 g/mol. The van der Waals surface area contributed by atoms with Crippen LogP contribution in [0.1, 0.15) is 103 Å². The van der Waals surface area contributed by atoms with E-state index in [0.29, 0.717) is 0 Å². The van der Waals surface area contributed by atoms with E-state index in [1.54, 1.807) is 0 Å². The first-order valence-corrected chi connectivity index (χ1v) is 18.9. The maximum Gasteiger partial charge on any atom is 0.338 e. The highest BCUT2D eigenvalue weighted by Crippen LogP contribution is 2.24. The Balaban J connectivity index is 3.03. The van der Waals surface area contributed by atoms with Gasteiger partial charge in [0, 0.05) is 9.52 Å². The van der Waals surface area contributed by atoms with Crippen LogP contribution in [0, 0.1) is 0 Å². The molecule has 0 aliphatic carbocycles. The molecule has 7 heteroatoms. The molecule has 0 aliphatic rings. The Kier molecular flexibility index (Phi) is 21.6. The van der Waals surface area contributed by atoms with Gasteiger partial charge in [0.1, 0.15) is 4.84 Å². The summed E-state index contributed by atoms with van der Waals surface area (Å²) in [6.07, 6.45) is 21.6.